The Hall–Kier alpha value is -4.72. The minimum absolute atomic E-state index is 0.00890. The van der Waals surface area contributed by atoms with Crippen molar-refractivity contribution in [2.24, 2.45) is 5.73 Å². The van der Waals surface area contributed by atoms with Gasteiger partial charge in [0.25, 0.3) is 11.8 Å². The number of amides is 3. The molecular weight excluding hydrogens is 566 g/mol. The summed E-state index contributed by atoms with van der Waals surface area (Å²) in [7, 11) is 4.38. The molecule has 1 aliphatic carbocycles. The molecule has 1 aromatic heterocycles. The van der Waals surface area contributed by atoms with Crippen LogP contribution in [0.15, 0.2) is 30.3 Å². The van der Waals surface area contributed by atoms with Crippen molar-refractivity contribution in [2.75, 3.05) is 38.8 Å². The molecule has 1 atom stereocenters. The molecule has 0 saturated heterocycles. The number of fused-ring (bicyclic) bond motifs is 1. The Bertz CT molecular complexity index is 1490. The van der Waals surface area contributed by atoms with E-state index in [2.05, 4.69) is 9.69 Å². The van der Waals surface area contributed by atoms with E-state index in [-0.39, 0.29) is 40.6 Å². The van der Waals surface area contributed by atoms with Gasteiger partial charge in [0.1, 0.15) is 10.9 Å². The van der Waals surface area contributed by atoms with E-state index in [4.69, 9.17) is 35.2 Å². The number of ether oxygens (including phenoxy) is 5. The topological polar surface area (TPSA) is 178 Å². The van der Waals surface area contributed by atoms with E-state index < -0.39 is 23.8 Å². The molecule has 2 aliphatic rings. The van der Waals surface area contributed by atoms with Gasteiger partial charge >= 0.3 is 0 Å². The monoisotopic (exact) mass is 597 g/mol. The number of nitrogens with two attached hydrogens (primary N) is 2. The van der Waals surface area contributed by atoms with Crippen molar-refractivity contribution in [1.29, 1.82) is 0 Å². The van der Waals surface area contributed by atoms with Crippen LogP contribution in [-0.2, 0) is 4.79 Å². The van der Waals surface area contributed by atoms with Crippen LogP contribution in [0.4, 0.5) is 11.4 Å². The quantitative estimate of drug-likeness (QED) is 0.315. The fourth-order valence-corrected chi connectivity index (χ4v) is 5.93. The second-order valence-corrected chi connectivity index (χ2v) is 10.5. The largest absolute Gasteiger partial charge is 0.493 e. The number of anilines is 2. The van der Waals surface area contributed by atoms with Crippen molar-refractivity contribution < 1.29 is 38.1 Å². The molecule has 42 heavy (non-hydrogen) atoms. The molecule has 14 heteroatoms. The molecule has 3 aromatic rings. The van der Waals surface area contributed by atoms with Crippen molar-refractivity contribution in [2.45, 2.75) is 37.8 Å². The number of primary amides is 1. The van der Waals surface area contributed by atoms with E-state index in [0.29, 0.717) is 40.0 Å². The number of hydrogen-bond donors (Lipinski definition) is 3. The molecule has 5 rings (SSSR count). The van der Waals surface area contributed by atoms with Gasteiger partial charge in [-0.3, -0.25) is 19.3 Å². The van der Waals surface area contributed by atoms with Gasteiger partial charge in [0.2, 0.25) is 18.4 Å². The maximum Gasteiger partial charge on any atom is 0.273 e. The van der Waals surface area contributed by atoms with Crippen LogP contribution in [0.3, 0.4) is 0 Å². The number of rotatable bonds is 10. The Balaban J connectivity index is 1.72. The summed E-state index contributed by atoms with van der Waals surface area (Å²) in [6, 6.07) is 6.77. The first kappa shape index (κ1) is 28.8. The lowest BCUT2D eigenvalue weighted by molar-refractivity contribution is -0.123. The Morgan fingerprint density at radius 2 is 1.69 bits per heavy atom. The molecule has 222 valence electrons. The van der Waals surface area contributed by atoms with Crippen molar-refractivity contribution in [3.05, 3.63) is 46.5 Å². The third kappa shape index (κ3) is 5.32. The first-order valence-corrected chi connectivity index (χ1v) is 13.9. The van der Waals surface area contributed by atoms with E-state index in [1.54, 1.807) is 30.3 Å². The summed E-state index contributed by atoms with van der Waals surface area (Å²) >= 11 is 0.716. The molecule has 2 aromatic carbocycles. The van der Waals surface area contributed by atoms with E-state index >= 15 is 0 Å². The van der Waals surface area contributed by atoms with E-state index in [0.717, 1.165) is 25.7 Å². The molecule has 0 bridgehead atoms. The number of nitrogen functional groups attached to an aromatic ring is 1. The minimum atomic E-state index is -1.26. The number of hydrogen-bond acceptors (Lipinski definition) is 11. The predicted molar refractivity (Wildman–Crippen MR) is 154 cm³/mol. The highest BCUT2D eigenvalue weighted by Gasteiger charge is 2.38. The maximum absolute atomic E-state index is 14.4. The van der Waals surface area contributed by atoms with Crippen LogP contribution in [0, 0.1) is 0 Å². The number of benzene rings is 2. The van der Waals surface area contributed by atoms with Crippen LogP contribution < -0.4 is 45.4 Å². The normalized spacial score (nSPS) is 14.7. The standard InChI is InChI=1S/C28H31N5O8S/c1-37-19-10-14(11-20(38-2)24(19)39-3)23(27(35)31-15-6-4-5-7-15)33(16-8-9-17-18(12-16)41-13-40-17)28(36)25-21(29)22(26(30)34)32-42-25/h8-12,15,23H,4-7,13,29H2,1-3H3,(H2,30,34)(H,31,35). The number of aromatic nitrogens is 1. The first-order chi connectivity index (χ1) is 20.3. The second kappa shape index (κ2) is 12.0. The number of nitrogens with zero attached hydrogens (tertiary/aromatic N) is 2. The maximum atomic E-state index is 14.4. The number of carbonyl (C=O) groups excluding carboxylic acids is 3. The number of nitrogens with one attached hydrogen (secondary N) is 1. The van der Waals surface area contributed by atoms with Gasteiger partial charge in [-0.1, -0.05) is 12.8 Å². The van der Waals surface area contributed by atoms with E-state index in [9.17, 15) is 14.4 Å². The summed E-state index contributed by atoms with van der Waals surface area (Å²) in [4.78, 5) is 41.8. The lowest BCUT2D eigenvalue weighted by Gasteiger charge is -2.32. The molecule has 1 unspecified atom stereocenters. The summed E-state index contributed by atoms with van der Waals surface area (Å²) in [5.41, 5.74) is 11.9. The van der Waals surface area contributed by atoms with Gasteiger partial charge in [-0.15, -0.1) is 0 Å². The summed E-state index contributed by atoms with van der Waals surface area (Å²) < 4.78 is 31.7. The lowest BCUT2D eigenvalue weighted by Crippen LogP contribution is -2.46. The van der Waals surface area contributed by atoms with Gasteiger partial charge in [0.05, 0.1) is 27.0 Å². The van der Waals surface area contributed by atoms with Gasteiger partial charge in [0, 0.05) is 17.8 Å². The summed E-state index contributed by atoms with van der Waals surface area (Å²) in [6.07, 6.45) is 3.60. The van der Waals surface area contributed by atoms with Crippen LogP contribution in [-0.4, -0.2) is 56.3 Å². The van der Waals surface area contributed by atoms with Crippen molar-refractivity contribution in [3.63, 3.8) is 0 Å². The Labute approximate surface area is 245 Å². The van der Waals surface area contributed by atoms with Gasteiger partial charge in [0.15, 0.2) is 28.7 Å². The number of carbonyl (C=O) groups is 3. The fraction of sp³-hybridized carbons (Fsp3) is 0.357. The highest BCUT2D eigenvalue weighted by Crippen LogP contribution is 2.44. The predicted octanol–water partition coefficient (Wildman–Crippen LogP) is 3.03. The molecule has 5 N–H and O–H groups in total. The molecular formula is C28H31N5O8S. The first-order valence-electron chi connectivity index (χ1n) is 13.2. The molecule has 1 fully saturated rings. The summed E-state index contributed by atoms with van der Waals surface area (Å²) in [6.45, 7) is 0.00890. The van der Waals surface area contributed by atoms with Crippen LogP contribution in [0.1, 0.15) is 57.4 Å². The third-order valence-corrected chi connectivity index (χ3v) is 8.07. The molecule has 13 nitrogen and oxygen atoms in total. The molecule has 1 saturated carbocycles. The third-order valence-electron chi connectivity index (χ3n) is 7.22. The highest BCUT2D eigenvalue weighted by molar-refractivity contribution is 7.09. The minimum Gasteiger partial charge on any atom is -0.493 e. The van der Waals surface area contributed by atoms with E-state index in [1.165, 1.54) is 26.2 Å². The zero-order valence-electron chi connectivity index (χ0n) is 23.3. The van der Waals surface area contributed by atoms with Crippen LogP contribution >= 0.6 is 11.5 Å². The van der Waals surface area contributed by atoms with Crippen LogP contribution in [0.25, 0.3) is 0 Å². The lowest BCUT2D eigenvalue weighted by atomic mass is 10.00. The average Bonchev–Trinajstić information content (AvgIpc) is 3.75. The van der Waals surface area contributed by atoms with Gasteiger partial charge in [-0.05, 0) is 54.2 Å². The van der Waals surface area contributed by atoms with Crippen molar-refractivity contribution in [1.82, 2.24) is 9.69 Å². The SMILES string of the molecule is COc1cc(C(C(=O)NC2CCCC2)N(C(=O)c2snc(C(N)=O)c2N)c2ccc3c(c2)OCO3)cc(OC)c1OC. The van der Waals surface area contributed by atoms with Gasteiger partial charge in [-0.2, -0.15) is 4.37 Å². The smallest absolute Gasteiger partial charge is 0.273 e. The number of methoxy groups -OCH3 is 3. The molecule has 0 spiro atoms. The molecule has 0 radical (unpaired) electrons. The molecule has 2 heterocycles. The average molecular weight is 598 g/mol. The Kier molecular flexibility index (Phi) is 8.24. The van der Waals surface area contributed by atoms with Crippen molar-refractivity contribution >= 4 is 40.6 Å². The highest BCUT2D eigenvalue weighted by atomic mass is 32.1. The second-order valence-electron chi connectivity index (χ2n) is 9.70. The van der Waals surface area contributed by atoms with Gasteiger partial charge < -0.3 is 40.5 Å². The molecule has 3 amide bonds. The van der Waals surface area contributed by atoms with Crippen molar-refractivity contribution in [3.8, 4) is 28.7 Å². The van der Waals surface area contributed by atoms with Crippen LogP contribution in [0.2, 0.25) is 0 Å². The summed E-state index contributed by atoms with van der Waals surface area (Å²) in [5.74, 6) is -0.236. The Morgan fingerprint density at radius 1 is 1.02 bits per heavy atom. The van der Waals surface area contributed by atoms with Gasteiger partial charge in [-0.25, -0.2) is 0 Å². The zero-order valence-corrected chi connectivity index (χ0v) is 24.1. The molecule has 1 aliphatic heterocycles. The Morgan fingerprint density at radius 3 is 2.29 bits per heavy atom. The van der Waals surface area contributed by atoms with Crippen LogP contribution in [0.5, 0.6) is 28.7 Å². The fourth-order valence-electron chi connectivity index (χ4n) is 5.18. The van der Waals surface area contributed by atoms with E-state index in [1.807, 2.05) is 0 Å². The zero-order chi connectivity index (χ0) is 30.0. The summed E-state index contributed by atoms with van der Waals surface area (Å²) in [5, 5.41) is 3.11.